The van der Waals surface area contributed by atoms with E-state index in [2.05, 4.69) is 16.4 Å². The first-order valence-electron chi connectivity index (χ1n) is 8.51. The van der Waals surface area contributed by atoms with Gasteiger partial charge in [-0.15, -0.1) is 0 Å². The number of amides is 2. The van der Waals surface area contributed by atoms with Crippen molar-refractivity contribution in [1.82, 2.24) is 15.2 Å². The van der Waals surface area contributed by atoms with Gasteiger partial charge in [0.15, 0.2) is 0 Å². The molecule has 0 saturated carbocycles. The Kier molecular flexibility index (Phi) is 6.74. The molecule has 2 amide bonds. The van der Waals surface area contributed by atoms with E-state index in [1.807, 2.05) is 0 Å². The number of nitriles is 1. The van der Waals surface area contributed by atoms with E-state index in [0.717, 1.165) is 18.7 Å². The Morgan fingerprint density at radius 3 is 2.89 bits per heavy atom. The quantitative estimate of drug-likeness (QED) is 0.722. The van der Waals surface area contributed by atoms with Crippen LogP contribution in [-0.2, 0) is 11.0 Å². The Morgan fingerprint density at radius 1 is 1.48 bits per heavy atom. The van der Waals surface area contributed by atoms with Gasteiger partial charge in [0.1, 0.15) is 11.7 Å². The van der Waals surface area contributed by atoms with Gasteiger partial charge in [0.05, 0.1) is 17.7 Å². The average molecular weight is 383 g/mol. The van der Waals surface area contributed by atoms with Crippen molar-refractivity contribution in [3.05, 3.63) is 29.6 Å². The number of pyridine rings is 1. The Bertz CT molecular complexity index is 732. The number of carbonyl (C=O) groups excluding carboxylic acids is 2. The highest BCUT2D eigenvalue weighted by Crippen LogP contribution is 2.28. The summed E-state index contributed by atoms with van der Waals surface area (Å²) >= 11 is 0. The summed E-state index contributed by atoms with van der Waals surface area (Å²) in [4.78, 5) is 29.3. The molecule has 0 radical (unpaired) electrons. The molecule has 0 aromatic carbocycles. The van der Waals surface area contributed by atoms with Crippen molar-refractivity contribution >= 4 is 11.8 Å². The Balaban J connectivity index is 1.79. The van der Waals surface area contributed by atoms with E-state index in [1.165, 1.54) is 4.90 Å². The molecule has 0 spiro atoms. The number of nitrogens with two attached hydrogens (primary N) is 1. The van der Waals surface area contributed by atoms with Crippen molar-refractivity contribution in [3.63, 3.8) is 0 Å². The number of rotatable bonds is 6. The molecule has 1 aromatic heterocycles. The lowest BCUT2D eigenvalue weighted by Gasteiger charge is -2.23. The van der Waals surface area contributed by atoms with Crippen LogP contribution in [0.5, 0.6) is 0 Å². The molecule has 2 rings (SSSR count). The van der Waals surface area contributed by atoms with Crippen LogP contribution in [0.15, 0.2) is 18.3 Å². The highest BCUT2D eigenvalue weighted by atomic mass is 19.4. The van der Waals surface area contributed by atoms with E-state index in [9.17, 15) is 22.8 Å². The van der Waals surface area contributed by atoms with E-state index < -0.39 is 29.7 Å². The summed E-state index contributed by atoms with van der Waals surface area (Å²) < 4.78 is 38.0. The van der Waals surface area contributed by atoms with Gasteiger partial charge in [-0.05, 0) is 37.8 Å². The molecule has 1 aliphatic rings. The molecule has 2 heterocycles. The minimum absolute atomic E-state index is 0.138. The van der Waals surface area contributed by atoms with Gasteiger partial charge in [0, 0.05) is 19.3 Å². The molecular weight excluding hydrogens is 363 g/mol. The topological polar surface area (TPSA) is 112 Å². The largest absolute Gasteiger partial charge is 0.416 e. The third-order valence-corrected chi connectivity index (χ3v) is 4.30. The van der Waals surface area contributed by atoms with Crippen LogP contribution in [0.2, 0.25) is 0 Å². The lowest BCUT2D eigenvalue weighted by molar-refractivity contribution is -0.137. The summed E-state index contributed by atoms with van der Waals surface area (Å²) in [5.41, 5.74) is 4.57. The number of likely N-dealkylation sites (tertiary alicyclic amines) is 1. The highest BCUT2D eigenvalue weighted by molar-refractivity contribution is 5.92. The fourth-order valence-electron chi connectivity index (χ4n) is 2.85. The predicted molar refractivity (Wildman–Crippen MR) is 89.1 cm³/mol. The molecule has 7 nitrogen and oxygen atoms in total. The van der Waals surface area contributed by atoms with Crippen molar-refractivity contribution in [2.75, 3.05) is 13.1 Å². The summed E-state index contributed by atoms with van der Waals surface area (Å²) in [6, 6.07) is 2.30. The number of aromatic nitrogens is 1. The van der Waals surface area contributed by atoms with Crippen LogP contribution in [-0.4, -0.2) is 46.9 Å². The Hall–Kier alpha value is -2.67. The van der Waals surface area contributed by atoms with Crippen molar-refractivity contribution < 1.29 is 22.8 Å². The number of hydrogen-bond acceptors (Lipinski definition) is 5. The lowest BCUT2D eigenvalue weighted by atomic mass is 10.1. The highest BCUT2D eigenvalue weighted by Gasteiger charge is 2.32. The van der Waals surface area contributed by atoms with Crippen LogP contribution in [0.1, 0.15) is 41.7 Å². The number of hydrogen-bond donors (Lipinski definition) is 2. The van der Waals surface area contributed by atoms with Crippen molar-refractivity contribution in [2.45, 2.75) is 43.9 Å². The summed E-state index contributed by atoms with van der Waals surface area (Å²) in [6.45, 7) is 0.641. The first-order chi connectivity index (χ1) is 12.7. The SMILES string of the molecule is N#C[C@@H]1CCCN1C(=O)C(N)CCCNC(=O)c1cc(C(F)(F)F)ccn1. The molecular formula is C17H20F3N5O2. The van der Waals surface area contributed by atoms with Gasteiger partial charge >= 0.3 is 6.18 Å². The molecule has 1 fully saturated rings. The van der Waals surface area contributed by atoms with E-state index in [4.69, 9.17) is 11.0 Å². The summed E-state index contributed by atoms with van der Waals surface area (Å²) in [6.07, 6.45) is -1.59. The fraction of sp³-hybridized carbons (Fsp3) is 0.529. The van der Waals surface area contributed by atoms with Gasteiger partial charge in [0.25, 0.3) is 5.91 Å². The van der Waals surface area contributed by atoms with Gasteiger partial charge in [-0.1, -0.05) is 0 Å². The zero-order chi connectivity index (χ0) is 20.0. The summed E-state index contributed by atoms with van der Waals surface area (Å²) in [7, 11) is 0. The molecule has 146 valence electrons. The molecule has 1 unspecified atom stereocenters. The maximum absolute atomic E-state index is 12.7. The molecule has 0 aliphatic carbocycles. The molecule has 0 bridgehead atoms. The Labute approximate surface area is 154 Å². The first kappa shape index (κ1) is 20.6. The predicted octanol–water partition coefficient (Wildman–Crippen LogP) is 1.45. The zero-order valence-corrected chi connectivity index (χ0v) is 14.5. The molecule has 1 saturated heterocycles. The maximum Gasteiger partial charge on any atom is 0.416 e. The molecule has 27 heavy (non-hydrogen) atoms. The summed E-state index contributed by atoms with van der Waals surface area (Å²) in [5, 5.41) is 11.5. The minimum atomic E-state index is -4.55. The zero-order valence-electron chi connectivity index (χ0n) is 14.5. The standard InChI is InChI=1S/C17H20F3N5O2/c18-17(19,20)11-5-7-23-14(9-11)15(26)24-6-1-4-13(22)16(27)25-8-2-3-12(25)10-21/h5,7,9,12-13H,1-4,6,8,22H2,(H,24,26)/t12-,13?/m0/s1. The third-order valence-electron chi connectivity index (χ3n) is 4.30. The number of halogens is 3. The second-order valence-corrected chi connectivity index (χ2v) is 6.25. The van der Waals surface area contributed by atoms with Gasteiger partial charge in [0.2, 0.25) is 5.91 Å². The second-order valence-electron chi connectivity index (χ2n) is 6.25. The first-order valence-corrected chi connectivity index (χ1v) is 8.51. The monoisotopic (exact) mass is 383 g/mol. The van der Waals surface area contributed by atoms with Gasteiger partial charge < -0.3 is 16.0 Å². The average Bonchev–Trinajstić information content (AvgIpc) is 3.12. The molecule has 1 aromatic rings. The molecule has 2 atom stereocenters. The smallest absolute Gasteiger partial charge is 0.351 e. The molecule has 10 heteroatoms. The molecule has 3 N–H and O–H groups in total. The van der Waals surface area contributed by atoms with Crippen LogP contribution in [0.25, 0.3) is 0 Å². The normalized spacial score (nSPS) is 18.0. The van der Waals surface area contributed by atoms with E-state index in [1.54, 1.807) is 0 Å². The van der Waals surface area contributed by atoms with Crippen LogP contribution < -0.4 is 11.1 Å². The van der Waals surface area contributed by atoms with Crippen molar-refractivity contribution in [3.8, 4) is 6.07 Å². The van der Waals surface area contributed by atoms with E-state index >= 15 is 0 Å². The Morgan fingerprint density at radius 2 is 2.22 bits per heavy atom. The number of carbonyl (C=O) groups is 2. The fourth-order valence-corrected chi connectivity index (χ4v) is 2.85. The van der Waals surface area contributed by atoms with Crippen molar-refractivity contribution in [2.24, 2.45) is 5.73 Å². The van der Waals surface area contributed by atoms with Crippen molar-refractivity contribution in [1.29, 1.82) is 5.26 Å². The number of alkyl halides is 3. The van der Waals surface area contributed by atoms with Gasteiger partial charge in [-0.3, -0.25) is 14.6 Å². The van der Waals surface area contributed by atoms with Crippen LogP contribution in [0.4, 0.5) is 13.2 Å². The van der Waals surface area contributed by atoms with E-state index in [-0.39, 0.29) is 24.6 Å². The summed E-state index contributed by atoms with van der Waals surface area (Å²) in [5.74, 6) is -1.03. The van der Waals surface area contributed by atoms with Crippen LogP contribution in [0.3, 0.4) is 0 Å². The number of nitrogens with one attached hydrogen (secondary N) is 1. The van der Waals surface area contributed by atoms with Gasteiger partial charge in [-0.2, -0.15) is 18.4 Å². The van der Waals surface area contributed by atoms with Crippen LogP contribution in [0, 0.1) is 11.3 Å². The lowest BCUT2D eigenvalue weighted by Crippen LogP contribution is -2.45. The maximum atomic E-state index is 12.7. The van der Waals surface area contributed by atoms with Gasteiger partial charge in [-0.25, -0.2) is 0 Å². The second kappa shape index (κ2) is 8.81. The van der Waals surface area contributed by atoms with Crippen LogP contribution >= 0.6 is 0 Å². The third kappa shape index (κ3) is 5.40. The minimum Gasteiger partial charge on any atom is -0.351 e. The molecule has 1 aliphatic heterocycles. The van der Waals surface area contributed by atoms with E-state index in [0.29, 0.717) is 25.5 Å². The number of nitrogens with zero attached hydrogens (tertiary/aromatic N) is 3.